The summed E-state index contributed by atoms with van der Waals surface area (Å²) in [4.78, 5) is 0. The fourth-order valence-electron chi connectivity index (χ4n) is 9.08. The Labute approximate surface area is 290 Å². The second-order valence-electron chi connectivity index (χ2n) is 14.9. The highest BCUT2D eigenvalue weighted by molar-refractivity contribution is 6.31. The van der Waals surface area contributed by atoms with E-state index in [0.29, 0.717) is 11.8 Å². The van der Waals surface area contributed by atoms with Crippen LogP contribution in [-0.4, -0.2) is 8.80 Å². The topological polar surface area (TPSA) is 8.82 Å². The Bertz CT molecular complexity index is 2900. The van der Waals surface area contributed by atoms with E-state index in [4.69, 9.17) is 0 Å². The molecule has 0 saturated carbocycles. The van der Waals surface area contributed by atoms with Crippen LogP contribution in [0.5, 0.6) is 0 Å². The Morgan fingerprint density at radius 2 is 0.760 bits per heavy atom. The molecule has 0 radical (unpaired) electrons. The smallest absolute Gasteiger partial charge is 0.0626 e. The molecule has 2 nitrogen and oxygen atoms in total. The summed E-state index contributed by atoms with van der Waals surface area (Å²) in [6, 6.07) is 50.7. The van der Waals surface area contributed by atoms with Gasteiger partial charge in [0.1, 0.15) is 0 Å². The average molecular weight is 641 g/mol. The number of rotatable bonds is 4. The van der Waals surface area contributed by atoms with Crippen molar-refractivity contribution in [1.82, 2.24) is 8.80 Å². The maximum atomic E-state index is 2.54. The van der Waals surface area contributed by atoms with Crippen LogP contribution in [0.4, 0.5) is 0 Å². The summed E-state index contributed by atoms with van der Waals surface area (Å²) >= 11 is 0. The first-order chi connectivity index (χ1) is 24.5. The van der Waals surface area contributed by atoms with Crippen LogP contribution in [0.25, 0.3) is 98.4 Å². The van der Waals surface area contributed by atoms with Crippen molar-refractivity contribution in [3.8, 4) is 22.3 Å². The molecule has 0 aliphatic carbocycles. The molecular weight excluding hydrogens is 605 g/mol. The predicted molar refractivity (Wildman–Crippen MR) is 215 cm³/mol. The van der Waals surface area contributed by atoms with Gasteiger partial charge in [0.2, 0.25) is 0 Å². The van der Waals surface area contributed by atoms with E-state index in [2.05, 4.69) is 170 Å². The molecule has 0 saturated heterocycles. The molecular formula is C48H36N2. The third-order valence-corrected chi connectivity index (χ3v) is 11.6. The molecule has 0 spiro atoms. The Morgan fingerprint density at radius 3 is 1.16 bits per heavy atom. The molecule has 11 aromatic rings. The minimum Gasteiger partial charge on any atom is -0.308 e. The predicted octanol–water partition coefficient (Wildman–Crippen LogP) is 13.6. The lowest BCUT2D eigenvalue weighted by Crippen LogP contribution is -1.87. The van der Waals surface area contributed by atoms with Gasteiger partial charge in [-0.05, 0) is 69.5 Å². The molecule has 0 N–H and O–H groups in total. The summed E-state index contributed by atoms with van der Waals surface area (Å²) < 4.78 is 5.07. The molecule has 0 bridgehead atoms. The van der Waals surface area contributed by atoms with Crippen molar-refractivity contribution in [3.63, 3.8) is 0 Å². The monoisotopic (exact) mass is 640 g/mol. The molecule has 0 unspecified atom stereocenters. The van der Waals surface area contributed by atoms with E-state index >= 15 is 0 Å². The zero-order valence-corrected chi connectivity index (χ0v) is 28.8. The number of hydrogen-bond donors (Lipinski definition) is 0. The minimum absolute atomic E-state index is 0.513. The fourth-order valence-corrected chi connectivity index (χ4v) is 9.08. The van der Waals surface area contributed by atoms with Gasteiger partial charge < -0.3 is 8.80 Å². The summed E-state index contributed by atoms with van der Waals surface area (Å²) in [5.41, 5.74) is 15.6. The van der Waals surface area contributed by atoms with Crippen molar-refractivity contribution in [2.75, 3.05) is 0 Å². The van der Waals surface area contributed by atoms with Crippen LogP contribution in [0.15, 0.2) is 133 Å². The maximum absolute atomic E-state index is 2.54. The first kappa shape index (κ1) is 28.0. The molecule has 0 aliphatic heterocycles. The quantitative estimate of drug-likeness (QED) is 0.181. The Hall–Kier alpha value is -5.86. The van der Waals surface area contributed by atoms with Crippen LogP contribution in [0.1, 0.15) is 50.7 Å². The molecule has 4 aromatic heterocycles. The summed E-state index contributed by atoms with van der Waals surface area (Å²) in [6.07, 6.45) is 0. The number of para-hydroxylation sites is 2. The van der Waals surface area contributed by atoms with Crippen LogP contribution >= 0.6 is 0 Å². The van der Waals surface area contributed by atoms with Gasteiger partial charge in [-0.25, -0.2) is 0 Å². The summed E-state index contributed by atoms with van der Waals surface area (Å²) in [5.74, 6) is 1.03. The van der Waals surface area contributed by atoms with E-state index in [9.17, 15) is 0 Å². The number of benzene rings is 7. The molecule has 0 amide bonds. The van der Waals surface area contributed by atoms with Crippen LogP contribution < -0.4 is 0 Å². The summed E-state index contributed by atoms with van der Waals surface area (Å²) in [7, 11) is 0. The lowest BCUT2D eigenvalue weighted by Gasteiger charge is -2.09. The standard InChI is InChI=1S/C48H36N2/c1-27(2)29-13-17-31(18-14-29)33-21-23-35-39-25-44-40(26-43(39)49-41-11-7-5-9-37(41)45(33)47(35)49)36-24-22-34(32-19-15-30(16-20-32)28(3)4)46-38-10-6-8-12-42(38)50(44)48(36)46/h5-28H,1-4H3. The largest absolute Gasteiger partial charge is 0.308 e. The van der Waals surface area contributed by atoms with E-state index in [1.165, 1.54) is 110 Å². The van der Waals surface area contributed by atoms with E-state index in [-0.39, 0.29) is 0 Å². The lowest BCUT2D eigenvalue weighted by molar-refractivity contribution is 0.867. The fraction of sp³-hybridized carbons (Fsp3) is 0.125. The average Bonchev–Trinajstić information content (AvgIpc) is 3.87. The van der Waals surface area contributed by atoms with Crippen LogP contribution in [0, 0.1) is 0 Å². The van der Waals surface area contributed by atoms with Gasteiger partial charge in [0.05, 0.1) is 33.1 Å². The molecule has 238 valence electrons. The van der Waals surface area contributed by atoms with E-state index < -0.39 is 0 Å². The Balaban J connectivity index is 1.25. The first-order valence-corrected chi connectivity index (χ1v) is 18.0. The minimum atomic E-state index is 0.513. The lowest BCUT2D eigenvalue weighted by atomic mass is 9.94. The molecule has 4 heterocycles. The molecule has 2 heteroatoms. The Morgan fingerprint density at radius 1 is 0.360 bits per heavy atom. The van der Waals surface area contributed by atoms with E-state index in [1.54, 1.807) is 0 Å². The van der Waals surface area contributed by atoms with Crippen LogP contribution in [0.2, 0.25) is 0 Å². The van der Waals surface area contributed by atoms with Gasteiger partial charge in [-0.2, -0.15) is 0 Å². The molecule has 0 fully saturated rings. The highest BCUT2D eigenvalue weighted by Crippen LogP contribution is 2.48. The van der Waals surface area contributed by atoms with Gasteiger partial charge in [-0.15, -0.1) is 0 Å². The van der Waals surface area contributed by atoms with Gasteiger partial charge in [0.15, 0.2) is 0 Å². The summed E-state index contributed by atoms with van der Waals surface area (Å²) in [5, 5.41) is 10.5. The molecule has 0 atom stereocenters. The molecule has 7 aromatic carbocycles. The van der Waals surface area contributed by atoms with Crippen molar-refractivity contribution in [2.45, 2.75) is 39.5 Å². The number of aromatic nitrogens is 2. The Kier molecular flexibility index (Phi) is 5.53. The highest BCUT2D eigenvalue weighted by Gasteiger charge is 2.25. The normalized spacial score (nSPS) is 12.8. The van der Waals surface area contributed by atoms with E-state index in [0.717, 1.165) is 0 Å². The van der Waals surface area contributed by atoms with Crippen LogP contribution in [-0.2, 0) is 0 Å². The first-order valence-electron chi connectivity index (χ1n) is 18.0. The molecule has 50 heavy (non-hydrogen) atoms. The number of fused-ring (bicyclic) bond motifs is 12. The second-order valence-corrected chi connectivity index (χ2v) is 14.9. The number of hydrogen-bond acceptors (Lipinski definition) is 0. The number of nitrogens with zero attached hydrogens (tertiary/aromatic N) is 2. The third kappa shape index (κ3) is 3.53. The van der Waals surface area contributed by atoms with Gasteiger partial charge >= 0.3 is 0 Å². The van der Waals surface area contributed by atoms with Crippen molar-refractivity contribution in [1.29, 1.82) is 0 Å². The summed E-state index contributed by atoms with van der Waals surface area (Å²) in [6.45, 7) is 9.04. The molecule has 0 aliphatic rings. The van der Waals surface area contributed by atoms with Gasteiger partial charge in [0.25, 0.3) is 0 Å². The van der Waals surface area contributed by atoms with Gasteiger partial charge in [-0.3, -0.25) is 0 Å². The second kappa shape index (κ2) is 9.86. The van der Waals surface area contributed by atoms with E-state index in [1.807, 2.05) is 0 Å². The van der Waals surface area contributed by atoms with Crippen molar-refractivity contribution < 1.29 is 0 Å². The van der Waals surface area contributed by atoms with Crippen molar-refractivity contribution in [3.05, 3.63) is 145 Å². The SMILES string of the molecule is CC(C)c1ccc(-c2ccc3c4cc5c(cc4n4c6ccccc6c2c34)c2ccc(-c3ccc(C(C)C)cc3)c3c4ccccc4n5c23)cc1. The van der Waals surface area contributed by atoms with Crippen molar-refractivity contribution >= 4 is 76.2 Å². The zero-order valence-electron chi connectivity index (χ0n) is 28.8. The van der Waals surface area contributed by atoms with Crippen molar-refractivity contribution in [2.24, 2.45) is 0 Å². The third-order valence-electron chi connectivity index (χ3n) is 11.6. The van der Waals surface area contributed by atoms with Gasteiger partial charge in [-0.1, -0.05) is 137 Å². The zero-order chi connectivity index (χ0) is 33.4. The van der Waals surface area contributed by atoms with Crippen LogP contribution in [0.3, 0.4) is 0 Å². The highest BCUT2D eigenvalue weighted by atomic mass is 14.9. The van der Waals surface area contributed by atoms with Gasteiger partial charge in [0, 0.05) is 43.1 Å². The molecule has 11 rings (SSSR count). The maximum Gasteiger partial charge on any atom is 0.0626 e.